The SMILES string of the molecule is CC[C@@H](O)c1ccc(Oc2ccccc2Cl)cn1. The number of aromatic nitrogens is 1. The van der Waals surface area contributed by atoms with Gasteiger partial charge in [0.25, 0.3) is 0 Å². The number of nitrogens with zero attached hydrogens (tertiary/aromatic N) is 1. The molecule has 1 N–H and O–H groups in total. The lowest BCUT2D eigenvalue weighted by atomic mass is 10.2. The van der Waals surface area contributed by atoms with Crippen LogP contribution < -0.4 is 4.74 Å². The van der Waals surface area contributed by atoms with E-state index in [1.165, 1.54) is 0 Å². The van der Waals surface area contributed by atoms with E-state index in [-0.39, 0.29) is 0 Å². The van der Waals surface area contributed by atoms with Gasteiger partial charge in [0.15, 0.2) is 0 Å². The van der Waals surface area contributed by atoms with Gasteiger partial charge < -0.3 is 9.84 Å². The standard InChI is InChI=1S/C14H14ClNO2/c1-2-13(17)12-8-7-10(9-16-12)18-14-6-4-3-5-11(14)15/h3-9,13,17H,2H2,1H3/t13-/m1/s1. The van der Waals surface area contributed by atoms with Crippen LogP contribution >= 0.6 is 11.6 Å². The van der Waals surface area contributed by atoms with Gasteiger partial charge in [0.05, 0.1) is 23.0 Å². The minimum atomic E-state index is -0.528. The first-order valence-electron chi connectivity index (χ1n) is 5.77. The number of ether oxygens (including phenoxy) is 1. The zero-order valence-corrected chi connectivity index (χ0v) is 10.8. The number of halogens is 1. The van der Waals surface area contributed by atoms with Crippen LogP contribution in [0.3, 0.4) is 0 Å². The lowest BCUT2D eigenvalue weighted by Gasteiger charge is -2.09. The zero-order valence-electron chi connectivity index (χ0n) is 10.0. The van der Waals surface area contributed by atoms with Crippen molar-refractivity contribution < 1.29 is 9.84 Å². The first kappa shape index (κ1) is 12.9. The summed E-state index contributed by atoms with van der Waals surface area (Å²) < 4.78 is 5.60. The second-order valence-electron chi connectivity index (χ2n) is 3.88. The maximum Gasteiger partial charge on any atom is 0.146 e. The van der Waals surface area contributed by atoms with E-state index in [4.69, 9.17) is 16.3 Å². The normalized spacial score (nSPS) is 12.2. The molecule has 4 heteroatoms. The molecule has 0 radical (unpaired) electrons. The Morgan fingerprint density at radius 2 is 2.06 bits per heavy atom. The van der Waals surface area contributed by atoms with Crippen molar-refractivity contribution in [3.8, 4) is 11.5 Å². The lowest BCUT2D eigenvalue weighted by Crippen LogP contribution is -1.98. The Morgan fingerprint density at radius 3 is 2.67 bits per heavy atom. The number of hydrogen-bond donors (Lipinski definition) is 1. The molecule has 0 unspecified atom stereocenters. The molecule has 1 aromatic carbocycles. The third kappa shape index (κ3) is 3.00. The summed E-state index contributed by atoms with van der Waals surface area (Å²) in [6, 6.07) is 10.8. The van der Waals surface area contributed by atoms with Crippen molar-refractivity contribution in [2.45, 2.75) is 19.4 Å². The lowest BCUT2D eigenvalue weighted by molar-refractivity contribution is 0.169. The van der Waals surface area contributed by atoms with E-state index in [9.17, 15) is 5.11 Å². The Hall–Kier alpha value is -1.58. The molecule has 1 heterocycles. The van der Waals surface area contributed by atoms with Crippen molar-refractivity contribution in [2.24, 2.45) is 0 Å². The van der Waals surface area contributed by atoms with E-state index in [1.54, 1.807) is 30.5 Å². The summed E-state index contributed by atoms with van der Waals surface area (Å²) in [5.41, 5.74) is 0.643. The molecule has 0 bridgehead atoms. The number of aliphatic hydroxyl groups excluding tert-OH is 1. The van der Waals surface area contributed by atoms with E-state index in [2.05, 4.69) is 4.98 Å². The van der Waals surface area contributed by atoms with Crippen LogP contribution in [0.15, 0.2) is 42.6 Å². The summed E-state index contributed by atoms with van der Waals surface area (Å²) in [6.07, 6.45) is 1.69. The maximum atomic E-state index is 9.63. The topological polar surface area (TPSA) is 42.4 Å². The number of hydrogen-bond acceptors (Lipinski definition) is 3. The van der Waals surface area contributed by atoms with Crippen molar-refractivity contribution in [2.75, 3.05) is 0 Å². The fourth-order valence-corrected chi connectivity index (χ4v) is 1.69. The number of benzene rings is 1. The van der Waals surface area contributed by atoms with Gasteiger partial charge in [-0.25, -0.2) is 0 Å². The van der Waals surface area contributed by atoms with Crippen LogP contribution in [-0.2, 0) is 0 Å². The molecular weight excluding hydrogens is 250 g/mol. The van der Waals surface area contributed by atoms with E-state index >= 15 is 0 Å². The number of pyridine rings is 1. The van der Waals surface area contributed by atoms with Gasteiger partial charge in [-0.1, -0.05) is 30.7 Å². The molecule has 0 fully saturated rings. The van der Waals surface area contributed by atoms with E-state index in [0.29, 0.717) is 28.6 Å². The van der Waals surface area contributed by atoms with Gasteiger partial charge in [0.1, 0.15) is 11.5 Å². The molecule has 0 saturated carbocycles. The van der Waals surface area contributed by atoms with Crippen molar-refractivity contribution >= 4 is 11.6 Å². The Morgan fingerprint density at radius 1 is 1.28 bits per heavy atom. The Balaban J connectivity index is 2.14. The number of rotatable bonds is 4. The molecule has 0 spiro atoms. The smallest absolute Gasteiger partial charge is 0.146 e. The van der Waals surface area contributed by atoms with Crippen LogP contribution in [-0.4, -0.2) is 10.1 Å². The van der Waals surface area contributed by atoms with Crippen LogP contribution in [0, 0.1) is 0 Å². The highest BCUT2D eigenvalue weighted by molar-refractivity contribution is 6.32. The Kier molecular flexibility index (Phi) is 4.18. The molecule has 1 atom stereocenters. The van der Waals surface area contributed by atoms with E-state index < -0.39 is 6.10 Å². The van der Waals surface area contributed by atoms with Crippen molar-refractivity contribution in [3.63, 3.8) is 0 Å². The molecule has 0 saturated heterocycles. The molecule has 3 nitrogen and oxygen atoms in total. The average Bonchev–Trinajstić information content (AvgIpc) is 2.41. The second-order valence-corrected chi connectivity index (χ2v) is 4.28. The minimum absolute atomic E-state index is 0.528. The molecule has 0 aliphatic heterocycles. The van der Waals surface area contributed by atoms with E-state index in [0.717, 1.165) is 0 Å². The summed E-state index contributed by atoms with van der Waals surface area (Å²) in [5.74, 6) is 1.18. The maximum absolute atomic E-state index is 9.63. The average molecular weight is 264 g/mol. The highest BCUT2D eigenvalue weighted by atomic mass is 35.5. The summed E-state index contributed by atoms with van der Waals surface area (Å²) in [6.45, 7) is 1.90. The predicted molar refractivity (Wildman–Crippen MR) is 71.0 cm³/mol. The molecular formula is C14H14ClNO2. The highest BCUT2D eigenvalue weighted by Crippen LogP contribution is 2.28. The van der Waals surface area contributed by atoms with Crippen molar-refractivity contribution in [3.05, 3.63) is 53.3 Å². The predicted octanol–water partition coefficient (Wildman–Crippen LogP) is 3.97. The number of aliphatic hydroxyl groups is 1. The van der Waals surface area contributed by atoms with Crippen LogP contribution in [0.1, 0.15) is 25.1 Å². The van der Waals surface area contributed by atoms with E-state index in [1.807, 2.05) is 19.1 Å². The molecule has 18 heavy (non-hydrogen) atoms. The fourth-order valence-electron chi connectivity index (χ4n) is 1.51. The summed E-state index contributed by atoms with van der Waals surface area (Å²) in [7, 11) is 0. The molecule has 2 rings (SSSR count). The number of para-hydroxylation sites is 1. The molecule has 94 valence electrons. The van der Waals surface area contributed by atoms with Crippen LogP contribution in [0.4, 0.5) is 0 Å². The van der Waals surface area contributed by atoms with Gasteiger partial charge in [0, 0.05) is 0 Å². The van der Waals surface area contributed by atoms with Crippen molar-refractivity contribution in [1.82, 2.24) is 4.98 Å². The highest BCUT2D eigenvalue weighted by Gasteiger charge is 2.07. The Labute approximate surface area is 111 Å². The molecule has 0 aliphatic carbocycles. The monoisotopic (exact) mass is 263 g/mol. The van der Waals surface area contributed by atoms with Gasteiger partial charge >= 0.3 is 0 Å². The first-order valence-corrected chi connectivity index (χ1v) is 6.15. The molecule has 2 aromatic rings. The largest absolute Gasteiger partial charge is 0.454 e. The van der Waals surface area contributed by atoms with Crippen molar-refractivity contribution in [1.29, 1.82) is 0 Å². The molecule has 1 aromatic heterocycles. The summed E-state index contributed by atoms with van der Waals surface area (Å²) in [5, 5.41) is 10.2. The first-order chi connectivity index (χ1) is 8.70. The van der Waals surface area contributed by atoms with Crippen LogP contribution in [0.25, 0.3) is 0 Å². The fraction of sp³-hybridized carbons (Fsp3) is 0.214. The quantitative estimate of drug-likeness (QED) is 0.908. The Bertz CT molecular complexity index is 513. The summed E-state index contributed by atoms with van der Waals surface area (Å²) >= 11 is 5.99. The van der Waals surface area contributed by atoms with Gasteiger partial charge in [-0.05, 0) is 30.7 Å². The van der Waals surface area contributed by atoms with Crippen LogP contribution in [0.2, 0.25) is 5.02 Å². The van der Waals surface area contributed by atoms with Gasteiger partial charge in [0.2, 0.25) is 0 Å². The van der Waals surface area contributed by atoms with Gasteiger partial charge in [-0.2, -0.15) is 0 Å². The second kappa shape index (κ2) is 5.85. The van der Waals surface area contributed by atoms with Crippen LogP contribution in [0.5, 0.6) is 11.5 Å². The minimum Gasteiger partial charge on any atom is -0.454 e. The van der Waals surface area contributed by atoms with Gasteiger partial charge in [-0.3, -0.25) is 4.98 Å². The third-order valence-electron chi connectivity index (χ3n) is 2.55. The van der Waals surface area contributed by atoms with Gasteiger partial charge in [-0.15, -0.1) is 0 Å². The molecule has 0 amide bonds. The third-order valence-corrected chi connectivity index (χ3v) is 2.86. The zero-order chi connectivity index (χ0) is 13.0. The summed E-state index contributed by atoms with van der Waals surface area (Å²) in [4.78, 5) is 4.16. The molecule has 0 aliphatic rings.